The molecule has 80 valence electrons. The van der Waals surface area contributed by atoms with Crippen LogP contribution < -0.4 is 10.6 Å². The van der Waals surface area contributed by atoms with E-state index < -0.39 is 0 Å². The lowest BCUT2D eigenvalue weighted by Crippen LogP contribution is -2.46. The Morgan fingerprint density at radius 1 is 1.33 bits per heavy atom. The van der Waals surface area contributed by atoms with Crippen LogP contribution in [0.1, 0.15) is 24.1 Å². The number of hydrogen-bond donors (Lipinski definition) is 2. The summed E-state index contributed by atoms with van der Waals surface area (Å²) in [6.07, 6.45) is 1.06. The Kier molecular flexibility index (Phi) is 3.02. The van der Waals surface area contributed by atoms with Gasteiger partial charge in [-0.15, -0.1) is 0 Å². The molecule has 1 unspecified atom stereocenters. The number of aryl methyl sites for hydroxylation is 1. The summed E-state index contributed by atoms with van der Waals surface area (Å²) in [6, 6.07) is 8.82. The second-order valence-corrected chi connectivity index (χ2v) is 3.83. The van der Waals surface area contributed by atoms with Crippen molar-refractivity contribution in [2.24, 2.45) is 0 Å². The van der Waals surface area contributed by atoms with E-state index in [9.17, 15) is 4.79 Å². The van der Waals surface area contributed by atoms with E-state index in [1.54, 1.807) is 0 Å². The van der Waals surface area contributed by atoms with Crippen molar-refractivity contribution in [3.8, 4) is 0 Å². The fourth-order valence-electron chi connectivity index (χ4n) is 1.79. The monoisotopic (exact) mass is 204 g/mol. The van der Waals surface area contributed by atoms with Crippen molar-refractivity contribution in [2.45, 2.75) is 19.4 Å². The molecule has 1 aromatic carbocycles. The predicted octanol–water partition coefficient (Wildman–Crippen LogP) is 1.01. The molecule has 0 aromatic heterocycles. The van der Waals surface area contributed by atoms with Gasteiger partial charge in [0.1, 0.15) is 0 Å². The number of nitrogens with one attached hydrogen (secondary N) is 2. The smallest absolute Gasteiger partial charge is 0.234 e. The van der Waals surface area contributed by atoms with Crippen molar-refractivity contribution in [3.63, 3.8) is 0 Å². The Balaban J connectivity index is 2.06. The van der Waals surface area contributed by atoms with E-state index in [1.165, 1.54) is 11.1 Å². The van der Waals surface area contributed by atoms with Crippen LogP contribution in [-0.4, -0.2) is 19.0 Å². The Bertz CT molecular complexity index is 335. The highest BCUT2D eigenvalue weighted by Gasteiger charge is 2.17. The first kappa shape index (κ1) is 10.2. The average Bonchev–Trinajstić information content (AvgIpc) is 2.30. The number of rotatable bonds is 2. The molecule has 3 nitrogen and oxygen atoms in total. The first-order valence-electron chi connectivity index (χ1n) is 5.38. The summed E-state index contributed by atoms with van der Waals surface area (Å²) in [5.41, 5.74) is 2.59. The number of carbonyl (C=O) groups is 1. The van der Waals surface area contributed by atoms with Gasteiger partial charge in [-0.1, -0.05) is 31.2 Å². The summed E-state index contributed by atoms with van der Waals surface area (Å²) in [5.74, 6) is 0.0800. The molecule has 0 radical (unpaired) electrons. The summed E-state index contributed by atoms with van der Waals surface area (Å²) in [5, 5.41) is 6.07. The third-order valence-corrected chi connectivity index (χ3v) is 2.80. The summed E-state index contributed by atoms with van der Waals surface area (Å²) < 4.78 is 0. The molecule has 2 N–H and O–H groups in total. The molecule has 15 heavy (non-hydrogen) atoms. The SMILES string of the molecule is CCc1ccc(C2CNC(=O)CN2)cc1. The summed E-state index contributed by atoms with van der Waals surface area (Å²) in [7, 11) is 0. The Morgan fingerprint density at radius 3 is 2.60 bits per heavy atom. The topological polar surface area (TPSA) is 41.1 Å². The molecule has 0 aliphatic carbocycles. The molecule has 1 heterocycles. The van der Waals surface area contributed by atoms with Gasteiger partial charge in [0.15, 0.2) is 0 Å². The lowest BCUT2D eigenvalue weighted by molar-refractivity contribution is -0.121. The van der Waals surface area contributed by atoms with E-state index >= 15 is 0 Å². The van der Waals surface area contributed by atoms with Crippen LogP contribution in [0.5, 0.6) is 0 Å². The average molecular weight is 204 g/mol. The van der Waals surface area contributed by atoms with E-state index in [2.05, 4.69) is 41.8 Å². The van der Waals surface area contributed by atoms with Gasteiger partial charge in [-0.25, -0.2) is 0 Å². The van der Waals surface area contributed by atoms with Gasteiger partial charge in [0.2, 0.25) is 5.91 Å². The van der Waals surface area contributed by atoms with Crippen LogP contribution in [0.3, 0.4) is 0 Å². The summed E-state index contributed by atoms with van der Waals surface area (Å²) in [4.78, 5) is 11.0. The van der Waals surface area contributed by atoms with Crippen molar-refractivity contribution < 1.29 is 4.79 Å². The number of amides is 1. The van der Waals surface area contributed by atoms with E-state index in [-0.39, 0.29) is 11.9 Å². The second kappa shape index (κ2) is 4.45. The number of hydrogen-bond acceptors (Lipinski definition) is 2. The van der Waals surface area contributed by atoms with Crippen LogP contribution in [0.4, 0.5) is 0 Å². The standard InChI is InChI=1S/C12H16N2O/c1-2-9-3-5-10(6-4-9)11-7-14-12(15)8-13-11/h3-6,11,13H,2,7-8H2,1H3,(H,14,15). The Labute approximate surface area is 89.9 Å². The molecule has 1 aliphatic heterocycles. The number of benzene rings is 1. The molecule has 3 heteroatoms. The van der Waals surface area contributed by atoms with Gasteiger partial charge in [-0.2, -0.15) is 0 Å². The quantitative estimate of drug-likeness (QED) is 0.755. The highest BCUT2D eigenvalue weighted by molar-refractivity contribution is 5.78. The molecule has 1 atom stereocenters. The molecule has 1 saturated heterocycles. The molecule has 0 saturated carbocycles. The van der Waals surface area contributed by atoms with Gasteiger partial charge >= 0.3 is 0 Å². The molecule has 0 bridgehead atoms. The summed E-state index contributed by atoms with van der Waals surface area (Å²) >= 11 is 0. The molecule has 0 spiro atoms. The number of piperazine rings is 1. The van der Waals surface area contributed by atoms with Gasteiger partial charge in [0, 0.05) is 6.54 Å². The third-order valence-electron chi connectivity index (χ3n) is 2.80. The van der Waals surface area contributed by atoms with E-state index in [0.29, 0.717) is 13.1 Å². The molecular weight excluding hydrogens is 188 g/mol. The maximum Gasteiger partial charge on any atom is 0.234 e. The van der Waals surface area contributed by atoms with Crippen LogP contribution in [-0.2, 0) is 11.2 Å². The van der Waals surface area contributed by atoms with Gasteiger partial charge in [-0.05, 0) is 17.5 Å². The molecule has 1 fully saturated rings. The largest absolute Gasteiger partial charge is 0.353 e. The lowest BCUT2D eigenvalue weighted by Gasteiger charge is -2.24. The zero-order chi connectivity index (χ0) is 10.7. The second-order valence-electron chi connectivity index (χ2n) is 3.83. The first-order chi connectivity index (χ1) is 7.29. The first-order valence-corrected chi connectivity index (χ1v) is 5.38. The van der Waals surface area contributed by atoms with Gasteiger partial charge in [0.05, 0.1) is 12.6 Å². The Morgan fingerprint density at radius 2 is 2.07 bits per heavy atom. The molecule has 1 aromatic rings. The van der Waals surface area contributed by atoms with E-state index in [0.717, 1.165) is 6.42 Å². The normalized spacial score (nSPS) is 21.1. The van der Waals surface area contributed by atoms with Crippen molar-refractivity contribution in [2.75, 3.05) is 13.1 Å². The molecular formula is C12H16N2O. The Hall–Kier alpha value is -1.35. The van der Waals surface area contributed by atoms with Crippen LogP contribution in [0.2, 0.25) is 0 Å². The summed E-state index contributed by atoms with van der Waals surface area (Å²) in [6.45, 7) is 3.25. The maximum atomic E-state index is 11.0. The molecule has 2 rings (SSSR count). The van der Waals surface area contributed by atoms with E-state index in [1.807, 2.05) is 0 Å². The van der Waals surface area contributed by atoms with Crippen LogP contribution in [0.25, 0.3) is 0 Å². The van der Waals surface area contributed by atoms with Crippen LogP contribution >= 0.6 is 0 Å². The van der Waals surface area contributed by atoms with Gasteiger partial charge in [0.25, 0.3) is 0 Å². The minimum atomic E-state index is 0.0800. The van der Waals surface area contributed by atoms with Crippen molar-refractivity contribution >= 4 is 5.91 Å². The highest BCUT2D eigenvalue weighted by Crippen LogP contribution is 2.14. The van der Waals surface area contributed by atoms with Crippen molar-refractivity contribution in [1.29, 1.82) is 0 Å². The minimum absolute atomic E-state index is 0.0800. The van der Waals surface area contributed by atoms with E-state index in [4.69, 9.17) is 0 Å². The zero-order valence-electron chi connectivity index (χ0n) is 8.92. The van der Waals surface area contributed by atoms with Crippen molar-refractivity contribution in [1.82, 2.24) is 10.6 Å². The third kappa shape index (κ3) is 2.36. The minimum Gasteiger partial charge on any atom is -0.353 e. The fourth-order valence-corrected chi connectivity index (χ4v) is 1.79. The number of carbonyl (C=O) groups excluding carboxylic acids is 1. The zero-order valence-corrected chi connectivity index (χ0v) is 8.92. The highest BCUT2D eigenvalue weighted by atomic mass is 16.2. The van der Waals surface area contributed by atoms with Gasteiger partial charge in [-0.3, -0.25) is 10.1 Å². The van der Waals surface area contributed by atoms with Crippen LogP contribution in [0.15, 0.2) is 24.3 Å². The molecule has 1 amide bonds. The molecule has 1 aliphatic rings. The fraction of sp³-hybridized carbons (Fsp3) is 0.417. The van der Waals surface area contributed by atoms with Gasteiger partial charge < -0.3 is 5.32 Å². The van der Waals surface area contributed by atoms with Crippen molar-refractivity contribution in [3.05, 3.63) is 35.4 Å². The maximum absolute atomic E-state index is 11.0. The predicted molar refractivity (Wildman–Crippen MR) is 59.6 cm³/mol. The lowest BCUT2D eigenvalue weighted by atomic mass is 10.0. The van der Waals surface area contributed by atoms with Crippen LogP contribution in [0, 0.1) is 0 Å².